The van der Waals surface area contributed by atoms with E-state index in [1.54, 1.807) is 0 Å². The zero-order valence-corrected chi connectivity index (χ0v) is 107. The molecule has 0 radical (unpaired) electrons. The molecule has 0 saturated heterocycles. The van der Waals surface area contributed by atoms with E-state index in [1.807, 2.05) is 6.07 Å². The number of benzene rings is 1. The van der Waals surface area contributed by atoms with Gasteiger partial charge in [-0.05, 0) is 49.8 Å². The summed E-state index contributed by atoms with van der Waals surface area (Å²) in [5.74, 6) is -8.76. The van der Waals surface area contributed by atoms with Gasteiger partial charge in [-0.25, -0.2) is 30.0 Å². The zero-order valence-electron chi connectivity index (χ0n) is 87.8. The topological polar surface area (TPSA) is 535 Å². The number of ether oxygens (including phenoxy) is 9. The Labute approximate surface area is 1010 Å². The predicted octanol–water partition coefficient (Wildman–Crippen LogP) is -11.5. The SMILES string of the molecule is CCCCCCCCCCCCCCCCCCN(C(=O)CC(C(=O)[O-])S(=O)(=O)O)[C@@H](CC(=O)[O-])C(=O)O.CCCCCCCCCCCCCCCCCCNC(=O)CC(C(=O)[O-])S(=O)(=O)[O-].CCCCCCCCCCCCOS(=O)(=O)[O-].CCCCCCCCc1cccc(OCCOCCOCCOCCOCCOCCOCCOCCOCCOS(=O)(=O)[O-])c1.[Na+].[Na+].[Na+].[Na+].[Na+].[Na+].[Na+].[Na+]. The second kappa shape index (κ2) is 120. The van der Waals surface area contributed by atoms with E-state index in [9.17, 15) is 96.5 Å². The van der Waals surface area contributed by atoms with E-state index in [0.29, 0.717) is 130 Å². The summed E-state index contributed by atoms with van der Waals surface area (Å²) in [6, 6.07) is 6.49. The van der Waals surface area contributed by atoms with Gasteiger partial charge in [-0.15, -0.1) is 0 Å². The summed E-state index contributed by atoms with van der Waals surface area (Å²) in [5.41, 5.74) is 1.33. The molecule has 0 spiro atoms. The van der Waals surface area contributed by atoms with Crippen molar-refractivity contribution in [2.45, 2.75) is 378 Å². The molecular weight excluding hydrogens is 1970 g/mol. The van der Waals surface area contributed by atoms with Crippen molar-refractivity contribution in [2.75, 3.05) is 139 Å². The number of amides is 2. The molecule has 2 unspecified atom stereocenters. The van der Waals surface area contributed by atoms with Crippen molar-refractivity contribution in [2.24, 2.45) is 0 Å². The molecule has 0 aliphatic heterocycles. The smallest absolute Gasteiger partial charge is 0.747 e. The number of carbonyl (C=O) groups is 6. The van der Waals surface area contributed by atoms with E-state index in [0.717, 1.165) is 76.4 Å². The molecule has 0 aliphatic rings. The Morgan fingerprint density at radius 3 is 0.914 bits per heavy atom. The average Bonchev–Trinajstić information content (AvgIpc) is 0.838. The van der Waals surface area contributed by atoms with E-state index in [-0.39, 0.29) is 269 Å². The molecule has 2 amide bonds. The summed E-state index contributed by atoms with van der Waals surface area (Å²) in [5, 5.41) is 39.6. The van der Waals surface area contributed by atoms with E-state index >= 15 is 0 Å². The van der Waals surface area contributed by atoms with Crippen molar-refractivity contribution < 1.29 is 389 Å². The van der Waals surface area contributed by atoms with Gasteiger partial charge >= 0.3 is 242 Å². The molecule has 3 N–H and O–H groups in total. The monoisotopic (exact) mass is 2140 g/mol. The van der Waals surface area contributed by atoms with Gasteiger partial charge in [0, 0.05) is 31.9 Å². The molecule has 0 aromatic heterocycles. The fourth-order valence-corrected chi connectivity index (χ4v) is 15.3. The fraction of sp³-hybridized carbons (Fsp3) is 0.870. The van der Waals surface area contributed by atoms with Crippen LogP contribution in [0.15, 0.2) is 24.3 Å². The Morgan fingerprint density at radius 1 is 0.345 bits per heavy atom. The molecule has 139 heavy (non-hydrogen) atoms. The first-order valence-corrected chi connectivity index (χ1v) is 54.3. The van der Waals surface area contributed by atoms with Crippen LogP contribution in [0.25, 0.3) is 0 Å². The van der Waals surface area contributed by atoms with Crippen LogP contribution in [-0.2, 0) is 122 Å². The van der Waals surface area contributed by atoms with Crippen molar-refractivity contribution in [3.8, 4) is 5.75 Å². The van der Waals surface area contributed by atoms with Crippen molar-refractivity contribution in [3.05, 3.63) is 29.8 Å². The summed E-state index contributed by atoms with van der Waals surface area (Å²) in [6.45, 7) is 16.0. The number of aryl methyl sites for hydroxylation is 1. The van der Waals surface area contributed by atoms with Crippen LogP contribution in [0.4, 0.5) is 0 Å². The van der Waals surface area contributed by atoms with Crippen molar-refractivity contribution >= 4 is 76.7 Å². The molecule has 47 heteroatoms. The third-order valence-electron chi connectivity index (χ3n) is 20.9. The minimum atomic E-state index is -5.20. The van der Waals surface area contributed by atoms with Crippen LogP contribution in [0.3, 0.4) is 0 Å². The number of carboxylic acid groups (broad SMARTS) is 4. The molecule has 0 aliphatic carbocycles. The molecule has 0 fully saturated rings. The van der Waals surface area contributed by atoms with Crippen LogP contribution in [-0.4, -0.2) is 253 Å². The van der Waals surface area contributed by atoms with Crippen LogP contribution in [0.5, 0.6) is 5.75 Å². The summed E-state index contributed by atoms with van der Waals surface area (Å²) < 4.78 is 182. The molecule has 35 nitrogen and oxygen atoms in total. The van der Waals surface area contributed by atoms with Gasteiger partial charge in [0.25, 0.3) is 10.1 Å². The van der Waals surface area contributed by atoms with Gasteiger partial charge in [-0.2, -0.15) is 8.42 Å². The largest absolute Gasteiger partial charge is 1.00 e. The van der Waals surface area contributed by atoms with Gasteiger partial charge in [-0.3, -0.25) is 22.5 Å². The normalized spacial score (nSPS) is 11.7. The minimum absolute atomic E-state index is 0. The maximum atomic E-state index is 12.6. The van der Waals surface area contributed by atoms with Gasteiger partial charge in [0.2, 0.25) is 32.6 Å². The predicted molar refractivity (Wildman–Crippen MR) is 492 cm³/mol. The maximum Gasteiger partial charge on any atom is 1.00 e. The van der Waals surface area contributed by atoms with E-state index in [1.165, 1.54) is 230 Å². The first-order valence-electron chi connectivity index (χ1n) is 48.6. The van der Waals surface area contributed by atoms with Crippen LogP contribution in [0.1, 0.15) is 361 Å². The molecule has 0 saturated carbocycles. The molecule has 1 rings (SSSR count). The van der Waals surface area contributed by atoms with Crippen LogP contribution >= 0.6 is 0 Å². The minimum Gasteiger partial charge on any atom is -0.747 e. The van der Waals surface area contributed by atoms with Gasteiger partial charge in [0.1, 0.15) is 33.8 Å². The fourth-order valence-electron chi connectivity index (χ4n) is 13.5. The van der Waals surface area contributed by atoms with E-state index < -0.39 is 113 Å². The number of nitrogens with one attached hydrogen (secondary N) is 1. The molecule has 1 aromatic carbocycles. The van der Waals surface area contributed by atoms with Crippen molar-refractivity contribution in [3.63, 3.8) is 0 Å². The second-order valence-corrected chi connectivity index (χ2v) is 37.8. The van der Waals surface area contributed by atoms with Crippen molar-refractivity contribution in [1.82, 2.24) is 10.2 Å². The van der Waals surface area contributed by atoms with E-state index in [4.69, 9.17) is 47.2 Å². The standard InChI is InChI=1S/C32H58O13S.C26H47NO10S.C22H43NO6S.C12H26O4S.8Na/c1-2-3-4-5-6-7-9-31-10-8-11-32(30-31)44-28-26-42-24-22-40-20-18-38-16-14-36-12-13-37-15-17-39-19-21-41-23-25-43-27-29-45-46(33,34)35;1-2-3-4-5-6-7-8-9-10-11-12-13-14-15-16-17-18-27(21(25(31)32)19-24(29)30)23(28)20-22(26(33)34)38(35,36)37;1-2-3-4-5-6-7-8-9-10-11-12-13-14-15-16-17-18-23-21(24)19-20(22(25)26)30(27,28)29;1-2-3-4-5-6-7-8-9-10-11-12-16-17(13,14)15;;;;;;;;/h8,10-11,30H,2-7,9,12-29H2,1H3,(H,33,34,35);21-22H,2-20H2,1H3,(H,29,30)(H,31,32)(H,33,34)(H,35,36,37);20H,2-19H2,1H3,(H,23,24)(H,25,26)(H,27,28,29);2-12H2,1H3,(H,13,14,15);;;;;;;;/q;;;;8*+1/p-6/t;21-,22?;;;;;;;;;;/m.0........../s1. The van der Waals surface area contributed by atoms with Crippen molar-refractivity contribution in [1.29, 1.82) is 0 Å². The number of hydrogen-bond donors (Lipinski definition) is 3. The third kappa shape index (κ3) is 124. The average molecular weight is 2140 g/mol. The van der Waals surface area contributed by atoms with Gasteiger partial charge < -0.3 is 101 Å². The number of unbranched alkanes of at least 4 members (excludes halogenated alkanes) is 44. The maximum absolute atomic E-state index is 12.6. The molecular formula is C92H168N2Na8O33S4+2. The van der Waals surface area contributed by atoms with Gasteiger partial charge in [0.05, 0.1) is 143 Å². The zero-order chi connectivity index (χ0) is 97.9. The number of carboxylic acids is 4. The Kier molecular flexibility index (Phi) is 142. The number of rotatable bonds is 94. The Morgan fingerprint density at radius 2 is 0.626 bits per heavy atom. The molecule has 0 bridgehead atoms. The summed E-state index contributed by atoms with van der Waals surface area (Å²) >= 11 is 0. The third-order valence-corrected chi connectivity index (χ3v) is 24.0. The number of aliphatic carboxylic acids is 4. The van der Waals surface area contributed by atoms with Crippen LogP contribution < -0.4 is 262 Å². The second-order valence-electron chi connectivity index (χ2n) is 32.6. The van der Waals surface area contributed by atoms with Gasteiger partial charge in [-0.1, -0.05) is 322 Å². The first-order chi connectivity index (χ1) is 62.8. The Hall–Kier alpha value is 3.08. The summed E-state index contributed by atoms with van der Waals surface area (Å²) in [7, 11) is -19.4. The van der Waals surface area contributed by atoms with E-state index in [2.05, 4.69) is 59.6 Å². The molecule has 1 aromatic rings. The first kappa shape index (κ1) is 165. The summed E-state index contributed by atoms with van der Waals surface area (Å²) in [6.07, 6.45) is 55.0. The molecule has 0 heterocycles. The van der Waals surface area contributed by atoms with Crippen LogP contribution in [0, 0.1) is 0 Å². The molecule has 3 atom stereocenters. The Balaban J connectivity index is -0.000000179. The number of carbonyl (C=O) groups excluding carboxylic acids is 5. The van der Waals surface area contributed by atoms with Gasteiger partial charge in [0.15, 0.2) is 0 Å². The van der Waals surface area contributed by atoms with Crippen LogP contribution in [0.2, 0.25) is 0 Å². The number of nitrogens with zero attached hydrogens (tertiary/aromatic N) is 1. The Bertz CT molecular complexity index is 3370. The quantitative estimate of drug-likeness (QED) is 0.0236. The number of hydrogen-bond acceptors (Lipinski definition) is 31. The molecule has 774 valence electrons. The summed E-state index contributed by atoms with van der Waals surface area (Å²) in [4.78, 5) is 69.1.